The largest absolute Gasteiger partial charge is 0.392 e. The van der Waals surface area contributed by atoms with Crippen LogP contribution in [0.1, 0.15) is 31.0 Å². The number of hydrogen-bond donors (Lipinski definition) is 1. The summed E-state index contributed by atoms with van der Waals surface area (Å²) in [5, 5.41) is 10.5. The van der Waals surface area contributed by atoms with Crippen LogP contribution in [0.25, 0.3) is 10.9 Å². The molecule has 1 N–H and O–H groups in total. The molecule has 0 spiro atoms. The van der Waals surface area contributed by atoms with Crippen molar-refractivity contribution in [2.75, 3.05) is 0 Å². The van der Waals surface area contributed by atoms with Crippen molar-refractivity contribution in [3.05, 3.63) is 65.4 Å². The SMILES string of the molecule is CC(C)c1nc2ccc(F)cc2c(Sc2ccc(F)cc2)c1CO. The first-order valence-corrected chi connectivity index (χ1v) is 8.47. The van der Waals surface area contributed by atoms with Crippen molar-refractivity contribution in [2.45, 2.75) is 36.2 Å². The zero-order valence-corrected chi connectivity index (χ0v) is 14.2. The molecule has 0 amide bonds. The molecule has 24 heavy (non-hydrogen) atoms. The Bertz CT molecular complexity index is 879. The van der Waals surface area contributed by atoms with Gasteiger partial charge >= 0.3 is 0 Å². The molecule has 1 aromatic heterocycles. The van der Waals surface area contributed by atoms with Gasteiger partial charge in [-0.25, -0.2) is 8.78 Å². The van der Waals surface area contributed by atoms with Gasteiger partial charge < -0.3 is 5.11 Å². The number of pyridine rings is 1. The highest BCUT2D eigenvalue weighted by atomic mass is 32.2. The average molecular weight is 345 g/mol. The van der Waals surface area contributed by atoms with E-state index in [1.807, 2.05) is 13.8 Å². The minimum Gasteiger partial charge on any atom is -0.392 e. The van der Waals surface area contributed by atoms with E-state index in [1.54, 1.807) is 18.2 Å². The quantitative estimate of drug-likeness (QED) is 0.698. The third kappa shape index (κ3) is 3.28. The molecule has 0 aliphatic rings. The summed E-state index contributed by atoms with van der Waals surface area (Å²) < 4.78 is 26.9. The van der Waals surface area contributed by atoms with Crippen molar-refractivity contribution < 1.29 is 13.9 Å². The van der Waals surface area contributed by atoms with Gasteiger partial charge in [0.05, 0.1) is 17.8 Å². The van der Waals surface area contributed by atoms with Crippen LogP contribution in [-0.2, 0) is 6.61 Å². The van der Waals surface area contributed by atoms with E-state index < -0.39 is 0 Å². The van der Waals surface area contributed by atoms with Gasteiger partial charge in [0.25, 0.3) is 0 Å². The van der Waals surface area contributed by atoms with Crippen molar-refractivity contribution >= 4 is 22.7 Å². The van der Waals surface area contributed by atoms with Gasteiger partial charge in [0.2, 0.25) is 0 Å². The van der Waals surface area contributed by atoms with E-state index in [0.717, 1.165) is 15.5 Å². The number of aromatic nitrogens is 1. The van der Waals surface area contributed by atoms with Crippen molar-refractivity contribution in [1.82, 2.24) is 4.98 Å². The lowest BCUT2D eigenvalue weighted by Gasteiger charge is -2.17. The number of fused-ring (bicyclic) bond motifs is 1. The summed E-state index contributed by atoms with van der Waals surface area (Å²) >= 11 is 1.38. The van der Waals surface area contributed by atoms with Gasteiger partial charge in [0.1, 0.15) is 11.6 Å². The number of aliphatic hydroxyl groups excluding tert-OH is 1. The highest BCUT2D eigenvalue weighted by Gasteiger charge is 2.18. The first kappa shape index (κ1) is 16.9. The zero-order valence-electron chi connectivity index (χ0n) is 13.4. The zero-order chi connectivity index (χ0) is 17.3. The molecule has 0 radical (unpaired) electrons. The van der Waals surface area contributed by atoms with Crippen LogP contribution in [0, 0.1) is 11.6 Å². The fourth-order valence-corrected chi connectivity index (χ4v) is 3.70. The molecule has 1 heterocycles. The number of hydrogen-bond acceptors (Lipinski definition) is 3. The van der Waals surface area contributed by atoms with E-state index in [-0.39, 0.29) is 24.2 Å². The summed E-state index contributed by atoms with van der Waals surface area (Å²) in [6.07, 6.45) is 0. The standard InChI is InChI=1S/C19H17F2NOS/c1-11(2)18-16(10-23)19(24-14-6-3-12(20)4-7-14)15-9-13(21)5-8-17(15)22-18/h3-9,11,23H,10H2,1-2H3. The number of halogens is 2. The van der Waals surface area contributed by atoms with Crippen molar-refractivity contribution in [1.29, 1.82) is 0 Å². The molecule has 0 atom stereocenters. The van der Waals surface area contributed by atoms with Crippen LogP contribution in [0.5, 0.6) is 0 Å². The van der Waals surface area contributed by atoms with Crippen LogP contribution in [0.15, 0.2) is 52.3 Å². The predicted molar refractivity (Wildman–Crippen MR) is 92.2 cm³/mol. The Morgan fingerprint density at radius 2 is 1.71 bits per heavy atom. The minimum atomic E-state index is -0.355. The Morgan fingerprint density at radius 1 is 1.04 bits per heavy atom. The second kappa shape index (κ2) is 6.87. The second-order valence-electron chi connectivity index (χ2n) is 5.83. The molecule has 0 fully saturated rings. The molecule has 5 heteroatoms. The molecule has 3 rings (SSSR count). The van der Waals surface area contributed by atoms with Gasteiger partial charge in [-0.1, -0.05) is 25.6 Å². The van der Waals surface area contributed by atoms with Crippen molar-refractivity contribution in [2.24, 2.45) is 0 Å². The predicted octanol–water partition coefficient (Wildman–Crippen LogP) is 5.28. The molecule has 0 saturated heterocycles. The third-order valence-corrected chi connectivity index (χ3v) is 4.94. The average Bonchev–Trinajstić information content (AvgIpc) is 2.56. The smallest absolute Gasteiger partial charge is 0.124 e. The number of nitrogens with zero attached hydrogens (tertiary/aromatic N) is 1. The highest BCUT2D eigenvalue weighted by molar-refractivity contribution is 7.99. The Balaban J connectivity index is 2.24. The molecular weight excluding hydrogens is 328 g/mol. The van der Waals surface area contributed by atoms with Crippen LogP contribution in [0.4, 0.5) is 8.78 Å². The summed E-state index contributed by atoms with van der Waals surface area (Å²) in [6, 6.07) is 10.6. The summed E-state index contributed by atoms with van der Waals surface area (Å²) in [5.41, 5.74) is 2.17. The lowest BCUT2D eigenvalue weighted by atomic mass is 10.0. The summed E-state index contributed by atoms with van der Waals surface area (Å²) in [7, 11) is 0. The highest BCUT2D eigenvalue weighted by Crippen LogP contribution is 2.39. The molecule has 2 aromatic carbocycles. The Hall–Kier alpha value is -1.98. The van der Waals surface area contributed by atoms with Gasteiger partial charge in [-0.3, -0.25) is 4.98 Å². The van der Waals surface area contributed by atoms with Crippen LogP contribution in [0.2, 0.25) is 0 Å². The van der Waals surface area contributed by atoms with Gasteiger partial charge in [-0.15, -0.1) is 0 Å². The number of aliphatic hydroxyl groups is 1. The summed E-state index contributed by atoms with van der Waals surface area (Å²) in [5.74, 6) is -0.546. The van der Waals surface area contributed by atoms with Gasteiger partial charge in [-0.05, 0) is 48.4 Å². The Morgan fingerprint density at radius 3 is 2.33 bits per heavy atom. The fraction of sp³-hybridized carbons (Fsp3) is 0.211. The number of benzene rings is 2. The molecule has 0 saturated carbocycles. The summed E-state index contributed by atoms with van der Waals surface area (Å²) in [4.78, 5) is 6.18. The monoisotopic (exact) mass is 345 g/mol. The third-order valence-electron chi connectivity index (χ3n) is 3.77. The maximum atomic E-state index is 13.8. The fourth-order valence-electron chi connectivity index (χ4n) is 2.63. The summed E-state index contributed by atoms with van der Waals surface area (Å²) in [6.45, 7) is 3.82. The molecule has 124 valence electrons. The molecule has 0 bridgehead atoms. The van der Waals surface area contributed by atoms with Crippen molar-refractivity contribution in [3.63, 3.8) is 0 Å². The molecule has 2 nitrogen and oxygen atoms in total. The molecule has 0 unspecified atom stereocenters. The lowest BCUT2D eigenvalue weighted by Crippen LogP contribution is -2.04. The van der Waals surface area contributed by atoms with E-state index >= 15 is 0 Å². The second-order valence-corrected chi connectivity index (χ2v) is 6.92. The van der Waals surface area contributed by atoms with E-state index in [2.05, 4.69) is 4.98 Å². The maximum Gasteiger partial charge on any atom is 0.124 e. The van der Waals surface area contributed by atoms with Gasteiger partial charge in [0.15, 0.2) is 0 Å². The minimum absolute atomic E-state index is 0.120. The first-order valence-electron chi connectivity index (χ1n) is 7.66. The molecular formula is C19H17F2NOS. The molecule has 3 aromatic rings. The normalized spacial score (nSPS) is 11.4. The van der Waals surface area contributed by atoms with E-state index in [1.165, 1.54) is 36.0 Å². The molecule has 0 aliphatic heterocycles. The van der Waals surface area contributed by atoms with Crippen molar-refractivity contribution in [3.8, 4) is 0 Å². The van der Waals surface area contributed by atoms with Crippen LogP contribution in [0.3, 0.4) is 0 Å². The van der Waals surface area contributed by atoms with E-state index in [9.17, 15) is 13.9 Å². The van der Waals surface area contributed by atoms with Gasteiger partial charge in [0, 0.05) is 20.7 Å². The van der Waals surface area contributed by atoms with Crippen LogP contribution < -0.4 is 0 Å². The van der Waals surface area contributed by atoms with Crippen LogP contribution >= 0.6 is 11.8 Å². The Kier molecular flexibility index (Phi) is 4.83. The van der Waals surface area contributed by atoms with E-state index in [0.29, 0.717) is 16.5 Å². The molecule has 0 aliphatic carbocycles. The number of rotatable bonds is 4. The van der Waals surface area contributed by atoms with Gasteiger partial charge in [-0.2, -0.15) is 0 Å². The maximum absolute atomic E-state index is 13.8. The topological polar surface area (TPSA) is 33.1 Å². The van der Waals surface area contributed by atoms with E-state index in [4.69, 9.17) is 0 Å². The Labute approximate surface area is 143 Å². The lowest BCUT2D eigenvalue weighted by molar-refractivity contribution is 0.276. The van der Waals surface area contributed by atoms with Crippen LogP contribution in [-0.4, -0.2) is 10.1 Å². The first-order chi connectivity index (χ1) is 11.5.